The van der Waals surface area contributed by atoms with E-state index in [1.54, 1.807) is 18.9 Å². The highest BCUT2D eigenvalue weighted by atomic mass is 79.9. The minimum absolute atomic E-state index is 0.658. The summed E-state index contributed by atoms with van der Waals surface area (Å²) in [6.07, 6.45) is 4.93. The average molecular weight is 345 g/mol. The predicted molar refractivity (Wildman–Crippen MR) is 83.7 cm³/mol. The van der Waals surface area contributed by atoms with Crippen LogP contribution >= 0.6 is 27.7 Å². The lowest BCUT2D eigenvalue weighted by Gasteiger charge is -2.07. The van der Waals surface area contributed by atoms with Gasteiger partial charge in [0.2, 0.25) is 0 Å². The molecule has 0 saturated carbocycles. The summed E-state index contributed by atoms with van der Waals surface area (Å²) in [7, 11) is 1.68. The molecule has 6 heteroatoms. The van der Waals surface area contributed by atoms with Gasteiger partial charge < -0.3 is 9.72 Å². The van der Waals surface area contributed by atoms with Gasteiger partial charge in [0.25, 0.3) is 0 Å². The lowest BCUT2D eigenvalue weighted by molar-refractivity contribution is 0.0801. The first-order valence-corrected chi connectivity index (χ1v) is 8.12. The van der Waals surface area contributed by atoms with Crippen LogP contribution in [0.25, 0.3) is 10.9 Å². The first kappa shape index (κ1) is 14.7. The summed E-state index contributed by atoms with van der Waals surface area (Å²) in [6, 6.07) is 3.98. The number of halogens is 1. The standard InChI is InChI=1S/C13H17BrN2O2S/c1-17-11-4-3-10-12(13(11)14)9(7-15-10)5-6-16-18-8-19-2/h3-4,7,15-16H,5-6,8H2,1-2H3. The summed E-state index contributed by atoms with van der Waals surface area (Å²) >= 11 is 5.25. The van der Waals surface area contributed by atoms with Crippen molar-refractivity contribution in [2.24, 2.45) is 0 Å². The van der Waals surface area contributed by atoms with E-state index in [9.17, 15) is 0 Å². The third-order valence-electron chi connectivity index (χ3n) is 2.82. The van der Waals surface area contributed by atoms with Crippen molar-refractivity contribution in [2.45, 2.75) is 6.42 Å². The molecule has 0 atom stereocenters. The third-order valence-corrected chi connectivity index (χ3v) is 3.97. The number of thioether (sulfide) groups is 1. The second-order valence-corrected chi connectivity index (χ2v) is 5.62. The molecule has 0 radical (unpaired) electrons. The molecule has 0 amide bonds. The molecule has 4 nitrogen and oxygen atoms in total. The van der Waals surface area contributed by atoms with E-state index in [0.717, 1.165) is 28.7 Å². The van der Waals surface area contributed by atoms with E-state index in [-0.39, 0.29) is 0 Å². The van der Waals surface area contributed by atoms with Gasteiger partial charge in [-0.3, -0.25) is 4.84 Å². The van der Waals surface area contributed by atoms with E-state index in [1.807, 2.05) is 24.6 Å². The molecular formula is C13H17BrN2O2S. The molecule has 0 aliphatic heterocycles. The maximum atomic E-state index is 5.33. The Kier molecular flexibility index (Phi) is 5.57. The Morgan fingerprint density at radius 2 is 2.26 bits per heavy atom. The molecule has 1 heterocycles. The van der Waals surface area contributed by atoms with Crippen LogP contribution in [0.5, 0.6) is 5.75 Å². The van der Waals surface area contributed by atoms with Crippen LogP contribution in [0.2, 0.25) is 0 Å². The van der Waals surface area contributed by atoms with Gasteiger partial charge in [-0.05, 0) is 46.3 Å². The summed E-state index contributed by atoms with van der Waals surface area (Å²) < 4.78 is 6.33. The van der Waals surface area contributed by atoms with Gasteiger partial charge in [-0.2, -0.15) is 0 Å². The van der Waals surface area contributed by atoms with E-state index in [0.29, 0.717) is 5.94 Å². The van der Waals surface area contributed by atoms with Gasteiger partial charge in [0.1, 0.15) is 11.7 Å². The van der Waals surface area contributed by atoms with Crippen LogP contribution in [0.3, 0.4) is 0 Å². The maximum absolute atomic E-state index is 5.33. The number of methoxy groups -OCH3 is 1. The molecule has 0 unspecified atom stereocenters. The number of aromatic nitrogens is 1. The van der Waals surface area contributed by atoms with Crippen molar-refractivity contribution in [3.8, 4) is 5.75 Å². The molecule has 0 spiro atoms. The fourth-order valence-electron chi connectivity index (χ4n) is 1.94. The van der Waals surface area contributed by atoms with Gasteiger partial charge in [-0.15, -0.1) is 11.8 Å². The Labute approximate surface area is 125 Å². The second-order valence-electron chi connectivity index (χ2n) is 4.01. The van der Waals surface area contributed by atoms with Crippen LogP contribution < -0.4 is 10.2 Å². The van der Waals surface area contributed by atoms with Crippen LogP contribution in [0.15, 0.2) is 22.8 Å². The Morgan fingerprint density at radius 3 is 3.00 bits per heavy atom. The van der Waals surface area contributed by atoms with Gasteiger partial charge in [0.05, 0.1) is 11.6 Å². The number of hydrogen-bond acceptors (Lipinski definition) is 4. The van der Waals surface area contributed by atoms with Crippen molar-refractivity contribution in [2.75, 3.05) is 25.8 Å². The van der Waals surface area contributed by atoms with Crippen molar-refractivity contribution >= 4 is 38.6 Å². The molecule has 104 valence electrons. The van der Waals surface area contributed by atoms with Crippen LogP contribution in [-0.2, 0) is 11.3 Å². The van der Waals surface area contributed by atoms with Crippen LogP contribution in [0, 0.1) is 0 Å². The van der Waals surface area contributed by atoms with Crippen LogP contribution in [-0.4, -0.2) is 30.8 Å². The summed E-state index contributed by atoms with van der Waals surface area (Å²) in [5, 5.41) is 1.17. The number of fused-ring (bicyclic) bond motifs is 1. The number of nitrogens with one attached hydrogen (secondary N) is 2. The average Bonchev–Trinajstić information content (AvgIpc) is 2.83. The highest BCUT2D eigenvalue weighted by molar-refractivity contribution is 9.10. The minimum atomic E-state index is 0.658. The molecule has 0 fully saturated rings. The van der Waals surface area contributed by atoms with Gasteiger partial charge in [-0.1, -0.05) is 0 Å². The minimum Gasteiger partial charge on any atom is -0.496 e. The number of benzene rings is 1. The topological polar surface area (TPSA) is 46.3 Å². The lowest BCUT2D eigenvalue weighted by Crippen LogP contribution is -2.17. The van der Waals surface area contributed by atoms with Crippen molar-refractivity contribution in [3.63, 3.8) is 0 Å². The first-order chi connectivity index (χ1) is 9.27. The van der Waals surface area contributed by atoms with E-state index in [1.165, 1.54) is 10.9 Å². The molecular weight excluding hydrogens is 328 g/mol. The van der Waals surface area contributed by atoms with Gasteiger partial charge in [-0.25, -0.2) is 5.48 Å². The van der Waals surface area contributed by atoms with E-state index in [4.69, 9.17) is 9.57 Å². The van der Waals surface area contributed by atoms with E-state index < -0.39 is 0 Å². The molecule has 0 aliphatic rings. The zero-order chi connectivity index (χ0) is 13.7. The molecule has 2 aromatic rings. The van der Waals surface area contributed by atoms with E-state index in [2.05, 4.69) is 26.4 Å². The normalized spacial score (nSPS) is 11.1. The lowest BCUT2D eigenvalue weighted by atomic mass is 10.1. The predicted octanol–water partition coefficient (Wildman–Crippen LogP) is 3.32. The maximum Gasteiger partial charge on any atom is 0.133 e. The zero-order valence-corrected chi connectivity index (χ0v) is 13.4. The van der Waals surface area contributed by atoms with Crippen molar-refractivity contribution < 1.29 is 9.57 Å². The Balaban J connectivity index is 2.10. The highest BCUT2D eigenvalue weighted by Gasteiger charge is 2.11. The fraction of sp³-hybridized carbons (Fsp3) is 0.385. The number of ether oxygens (including phenoxy) is 1. The first-order valence-electron chi connectivity index (χ1n) is 5.94. The summed E-state index contributed by atoms with van der Waals surface area (Å²) in [4.78, 5) is 8.51. The smallest absolute Gasteiger partial charge is 0.133 e. The van der Waals surface area contributed by atoms with E-state index >= 15 is 0 Å². The molecule has 1 aromatic heterocycles. The molecule has 2 N–H and O–H groups in total. The highest BCUT2D eigenvalue weighted by Crippen LogP contribution is 2.35. The molecule has 0 saturated heterocycles. The monoisotopic (exact) mass is 344 g/mol. The third kappa shape index (κ3) is 3.45. The molecule has 0 bridgehead atoms. The van der Waals surface area contributed by atoms with Crippen molar-refractivity contribution in [3.05, 3.63) is 28.4 Å². The van der Waals surface area contributed by atoms with Gasteiger partial charge >= 0.3 is 0 Å². The summed E-state index contributed by atoms with van der Waals surface area (Å²) in [5.41, 5.74) is 5.30. The Hall–Kier alpha value is -0.690. The molecule has 0 aliphatic carbocycles. The van der Waals surface area contributed by atoms with Crippen LogP contribution in [0.4, 0.5) is 0 Å². The van der Waals surface area contributed by atoms with Crippen molar-refractivity contribution in [1.29, 1.82) is 0 Å². The number of H-pyrrole nitrogens is 1. The zero-order valence-electron chi connectivity index (χ0n) is 11.0. The fourth-order valence-corrected chi connectivity index (χ4v) is 2.90. The molecule has 19 heavy (non-hydrogen) atoms. The van der Waals surface area contributed by atoms with Crippen molar-refractivity contribution in [1.82, 2.24) is 10.5 Å². The SMILES string of the molecule is COc1ccc2[nH]cc(CCNOCSC)c2c1Br. The summed E-state index contributed by atoms with van der Waals surface area (Å²) in [6.45, 7) is 0.775. The Bertz CT molecular complexity index is 545. The second kappa shape index (κ2) is 7.19. The van der Waals surface area contributed by atoms with Crippen LogP contribution in [0.1, 0.15) is 5.56 Å². The molecule has 1 aromatic carbocycles. The number of hydroxylamine groups is 1. The largest absolute Gasteiger partial charge is 0.496 e. The quantitative estimate of drug-likeness (QED) is 0.459. The Morgan fingerprint density at radius 1 is 1.42 bits per heavy atom. The summed E-state index contributed by atoms with van der Waals surface area (Å²) in [5.74, 6) is 1.51. The number of aromatic amines is 1. The van der Waals surface area contributed by atoms with Gasteiger partial charge in [0.15, 0.2) is 0 Å². The van der Waals surface area contributed by atoms with Gasteiger partial charge in [0, 0.05) is 23.6 Å². The number of hydrogen-bond donors (Lipinski definition) is 2. The molecule has 2 rings (SSSR count). The number of rotatable bonds is 7.